The lowest BCUT2D eigenvalue weighted by molar-refractivity contribution is -0.342. The molecule has 1 heterocycles. The number of amides is 1. The monoisotopic (exact) mass is 365 g/mol. The molecule has 0 aromatic carbocycles. The number of nitrogens with one attached hydrogen (secondary N) is 3. The average molecular weight is 367 g/mol. The van der Waals surface area contributed by atoms with Crippen molar-refractivity contribution in [1.29, 1.82) is 0 Å². The van der Waals surface area contributed by atoms with Crippen LogP contribution in [0, 0.1) is 0 Å². The van der Waals surface area contributed by atoms with E-state index >= 15 is 0 Å². The molecule has 1 amide bonds. The molecule has 9 heteroatoms. The zero-order valence-electron chi connectivity index (χ0n) is 11.2. The van der Waals surface area contributed by atoms with Gasteiger partial charge in [-0.3, -0.25) is 5.32 Å². The molecule has 0 radical (unpaired) electrons. The summed E-state index contributed by atoms with van der Waals surface area (Å²) in [6.07, 6.45) is -0.553. The van der Waals surface area contributed by atoms with Crippen molar-refractivity contribution in [2.24, 2.45) is 5.10 Å². The van der Waals surface area contributed by atoms with Gasteiger partial charge in [-0.2, -0.15) is 5.43 Å². The van der Waals surface area contributed by atoms with E-state index in [2.05, 4.69) is 36.8 Å². The van der Waals surface area contributed by atoms with Crippen LogP contribution in [0.4, 0.5) is 22.1 Å². The van der Waals surface area contributed by atoms with E-state index in [0.717, 1.165) is 5.71 Å². The molecule has 0 aliphatic carbocycles. The zero-order valence-corrected chi connectivity index (χ0v) is 13.5. The van der Waals surface area contributed by atoms with Crippen molar-refractivity contribution in [3.8, 4) is 0 Å². The fraction of sp³-hybridized carbons (Fsp3) is 0.364. The summed E-state index contributed by atoms with van der Waals surface area (Å²) in [7, 11) is 0. The van der Waals surface area contributed by atoms with Crippen LogP contribution in [-0.2, 0) is 4.74 Å². The zero-order chi connectivity index (χ0) is 14.3. The van der Waals surface area contributed by atoms with Gasteiger partial charge in [0.15, 0.2) is 0 Å². The van der Waals surface area contributed by atoms with Crippen LogP contribution in [-0.4, -0.2) is 23.7 Å². The maximum absolute atomic E-state index is 11.4. The third-order valence-corrected chi connectivity index (χ3v) is 2.25. The van der Waals surface area contributed by atoms with E-state index in [1.54, 1.807) is 12.1 Å². The van der Waals surface area contributed by atoms with Crippen LogP contribution in [0.2, 0.25) is 0 Å². The number of nitrogen functional groups attached to an aromatic ring is 1. The summed E-state index contributed by atoms with van der Waals surface area (Å²) in [6.45, 7) is 4.03. The minimum absolute atomic E-state index is 0. The molecular formula is C11H17BrClN5O2. The molecule has 20 heavy (non-hydrogen) atoms. The van der Waals surface area contributed by atoms with Gasteiger partial charge >= 0.3 is 6.09 Å². The fourth-order valence-corrected chi connectivity index (χ4v) is 1.30. The average Bonchev–Trinajstić information content (AvgIpc) is 2.36. The number of hydrazone groups is 1. The molecule has 0 atom stereocenters. The number of nitrogens with two attached hydrogens (primary N) is 1. The van der Waals surface area contributed by atoms with Crippen molar-refractivity contribution in [2.45, 2.75) is 13.8 Å². The van der Waals surface area contributed by atoms with Crippen molar-refractivity contribution in [3.05, 3.63) is 12.1 Å². The van der Waals surface area contributed by atoms with E-state index in [1.807, 2.05) is 13.8 Å². The van der Waals surface area contributed by atoms with Crippen LogP contribution in [0.3, 0.4) is 0 Å². The first-order valence-electron chi connectivity index (χ1n) is 5.61. The van der Waals surface area contributed by atoms with E-state index < -0.39 is 6.09 Å². The topological polar surface area (TPSA) is 103 Å². The molecule has 5 N–H and O–H groups in total. The molecule has 0 bridgehead atoms. The highest BCUT2D eigenvalue weighted by Gasteiger charge is 2.10. The molecular weight excluding hydrogens is 350 g/mol. The van der Waals surface area contributed by atoms with Crippen molar-refractivity contribution < 1.29 is 26.9 Å². The van der Waals surface area contributed by atoms with Crippen molar-refractivity contribution in [1.82, 2.24) is 0 Å². The lowest BCUT2D eigenvalue weighted by atomic mass is 10.4. The number of carbonyl (C=O) groups excluding carboxylic acids is 1. The van der Waals surface area contributed by atoms with Gasteiger partial charge in [-0.15, -0.1) is 5.10 Å². The van der Waals surface area contributed by atoms with Crippen LogP contribution in [0.15, 0.2) is 17.2 Å². The Morgan fingerprint density at radius 1 is 1.50 bits per heavy atom. The van der Waals surface area contributed by atoms with Crippen LogP contribution < -0.4 is 33.9 Å². The number of pyridine rings is 1. The summed E-state index contributed by atoms with van der Waals surface area (Å²) >= 11 is 3.16. The van der Waals surface area contributed by atoms with E-state index in [4.69, 9.17) is 10.5 Å². The lowest BCUT2D eigenvalue weighted by Crippen LogP contribution is -3.00. The number of halogens is 2. The summed E-state index contributed by atoms with van der Waals surface area (Å²) in [5, 5.41) is 7.15. The smallest absolute Gasteiger partial charge is 0.411 e. The minimum Gasteiger partial charge on any atom is -1.00 e. The molecule has 0 aliphatic heterocycles. The number of aromatic amines is 1. The quantitative estimate of drug-likeness (QED) is 0.347. The number of nitrogens with zero attached hydrogens (tertiary/aromatic N) is 1. The molecule has 1 aromatic heterocycles. The Hall–Kier alpha value is -1.54. The fourth-order valence-electron chi connectivity index (χ4n) is 1.13. The number of hydrogen-bond donors (Lipinski definition) is 3. The first-order chi connectivity index (χ1) is 9.02. The summed E-state index contributed by atoms with van der Waals surface area (Å²) in [6, 6.07) is 3.37. The number of carbonyl (C=O) groups is 1. The molecule has 0 saturated heterocycles. The molecule has 1 aromatic rings. The van der Waals surface area contributed by atoms with Gasteiger partial charge in [0.2, 0.25) is 11.6 Å². The third-order valence-electron chi connectivity index (χ3n) is 1.92. The number of hydrogen-bond acceptors (Lipinski definition) is 5. The van der Waals surface area contributed by atoms with E-state index in [9.17, 15) is 4.79 Å². The van der Waals surface area contributed by atoms with Gasteiger partial charge in [-0.25, -0.2) is 9.78 Å². The Labute approximate surface area is 131 Å². The Morgan fingerprint density at radius 2 is 2.20 bits per heavy atom. The van der Waals surface area contributed by atoms with Gasteiger partial charge < -0.3 is 22.9 Å². The maximum atomic E-state index is 11.4. The largest absolute Gasteiger partial charge is 1.00 e. The van der Waals surface area contributed by atoms with Crippen LogP contribution in [0.5, 0.6) is 0 Å². The molecule has 0 spiro atoms. The molecule has 0 saturated carbocycles. The highest BCUT2D eigenvalue weighted by atomic mass is 79.9. The third kappa shape index (κ3) is 6.58. The molecule has 7 nitrogen and oxygen atoms in total. The number of rotatable bonds is 5. The van der Waals surface area contributed by atoms with E-state index in [1.165, 1.54) is 0 Å². The van der Waals surface area contributed by atoms with Gasteiger partial charge in [-0.05, 0) is 19.9 Å². The molecule has 0 unspecified atom stereocenters. The molecule has 0 aliphatic rings. The van der Waals surface area contributed by atoms with Gasteiger partial charge in [0.05, 0.1) is 0 Å². The maximum Gasteiger partial charge on any atom is 0.411 e. The molecule has 1 rings (SSSR count). The van der Waals surface area contributed by atoms with Crippen LogP contribution >= 0.6 is 15.9 Å². The number of aromatic nitrogens is 1. The number of alkyl halides is 1. The Kier molecular flexibility index (Phi) is 8.66. The van der Waals surface area contributed by atoms with Gasteiger partial charge in [-0.1, -0.05) is 15.9 Å². The number of ether oxygens (including phenoxy) is 1. The molecule has 112 valence electrons. The highest BCUT2D eigenvalue weighted by molar-refractivity contribution is 9.09. The standard InChI is InChI=1S/C11H16BrN5O2.ClH/c1-7(2)16-17-9-4-3-8(10(13)15-9)14-11(18)19-6-5-12;/h3-4H,5-6H2,1-2H3,(H,14,18)(H3,13,15,17);1H. The molecule has 0 fully saturated rings. The second-order valence-electron chi connectivity index (χ2n) is 3.82. The first-order valence-corrected chi connectivity index (χ1v) is 6.73. The summed E-state index contributed by atoms with van der Waals surface area (Å²) in [5.74, 6) is 0.933. The minimum atomic E-state index is -0.553. The van der Waals surface area contributed by atoms with E-state index in [0.29, 0.717) is 29.3 Å². The summed E-state index contributed by atoms with van der Waals surface area (Å²) in [5.41, 5.74) is 9.91. The Bertz CT molecular complexity index is 480. The first kappa shape index (κ1) is 18.5. The van der Waals surface area contributed by atoms with Crippen molar-refractivity contribution in [2.75, 3.05) is 28.4 Å². The van der Waals surface area contributed by atoms with E-state index in [-0.39, 0.29) is 12.4 Å². The second kappa shape index (κ2) is 9.38. The van der Waals surface area contributed by atoms with Crippen molar-refractivity contribution >= 4 is 45.1 Å². The highest BCUT2D eigenvalue weighted by Crippen LogP contribution is 2.14. The summed E-state index contributed by atoms with van der Waals surface area (Å²) in [4.78, 5) is 14.2. The van der Waals surface area contributed by atoms with Gasteiger partial charge in [0.25, 0.3) is 0 Å². The Balaban J connectivity index is 0.00000361. The predicted octanol–water partition coefficient (Wildman–Crippen LogP) is -1.16. The number of anilines is 3. The lowest BCUT2D eigenvalue weighted by Gasteiger charge is -2.06. The van der Waals surface area contributed by atoms with Gasteiger partial charge in [0.1, 0.15) is 12.3 Å². The normalized spacial score (nSPS) is 9.15. The summed E-state index contributed by atoms with van der Waals surface area (Å²) < 4.78 is 4.86. The van der Waals surface area contributed by atoms with Crippen molar-refractivity contribution in [3.63, 3.8) is 0 Å². The SMILES string of the molecule is CC(C)=NNc1ccc(NC(=O)OCCBr)c(N)[nH+]1.[Cl-]. The van der Waals surface area contributed by atoms with Crippen LogP contribution in [0.1, 0.15) is 13.8 Å². The predicted molar refractivity (Wildman–Crippen MR) is 78.6 cm³/mol. The number of H-pyrrole nitrogens is 1. The van der Waals surface area contributed by atoms with Crippen LogP contribution in [0.25, 0.3) is 0 Å². The second-order valence-corrected chi connectivity index (χ2v) is 4.61. The van der Waals surface area contributed by atoms with Gasteiger partial charge in [0, 0.05) is 17.1 Å². The Morgan fingerprint density at radius 3 is 2.75 bits per heavy atom.